The summed E-state index contributed by atoms with van der Waals surface area (Å²) < 4.78 is 5.36. The molecule has 2 N–H and O–H groups in total. The van der Waals surface area contributed by atoms with Crippen molar-refractivity contribution in [3.05, 3.63) is 53.9 Å². The topological polar surface area (TPSA) is 63.2 Å². The number of nitrogens with zero attached hydrogens (tertiary/aromatic N) is 1. The summed E-state index contributed by atoms with van der Waals surface area (Å²) in [6, 6.07) is 9.98. The SMILES string of the molecule is C[C@@H](NCc1cccnc1)c1ccc2c(c1)NC(=O)CO2. The first-order valence-electron chi connectivity index (χ1n) is 6.91. The summed E-state index contributed by atoms with van der Waals surface area (Å²) in [5.41, 5.74) is 2.97. The number of anilines is 1. The van der Waals surface area contributed by atoms with E-state index in [9.17, 15) is 4.79 Å². The fourth-order valence-electron chi connectivity index (χ4n) is 2.26. The minimum absolute atomic E-state index is 0.0845. The Hall–Kier alpha value is -2.40. The Morgan fingerprint density at radius 2 is 2.33 bits per heavy atom. The van der Waals surface area contributed by atoms with Crippen LogP contribution in [0.3, 0.4) is 0 Å². The van der Waals surface area contributed by atoms with Gasteiger partial charge in [-0.1, -0.05) is 12.1 Å². The van der Waals surface area contributed by atoms with Crippen molar-refractivity contribution in [3.63, 3.8) is 0 Å². The van der Waals surface area contributed by atoms with E-state index in [0.717, 1.165) is 29.1 Å². The highest BCUT2D eigenvalue weighted by Crippen LogP contribution is 2.30. The lowest BCUT2D eigenvalue weighted by Crippen LogP contribution is -2.26. The van der Waals surface area contributed by atoms with Crippen molar-refractivity contribution in [1.29, 1.82) is 0 Å². The predicted octanol–water partition coefficient (Wildman–Crippen LogP) is 2.26. The van der Waals surface area contributed by atoms with Crippen LogP contribution in [0.5, 0.6) is 5.75 Å². The lowest BCUT2D eigenvalue weighted by atomic mass is 10.1. The van der Waals surface area contributed by atoms with E-state index in [1.807, 2.05) is 36.5 Å². The van der Waals surface area contributed by atoms with Gasteiger partial charge in [-0.25, -0.2) is 0 Å². The fourth-order valence-corrected chi connectivity index (χ4v) is 2.26. The largest absolute Gasteiger partial charge is 0.482 e. The maximum Gasteiger partial charge on any atom is 0.262 e. The number of carbonyl (C=O) groups excluding carboxylic acids is 1. The smallest absolute Gasteiger partial charge is 0.262 e. The normalized spacial score (nSPS) is 14.8. The third kappa shape index (κ3) is 3.20. The van der Waals surface area contributed by atoms with Gasteiger partial charge >= 0.3 is 0 Å². The van der Waals surface area contributed by atoms with Crippen molar-refractivity contribution < 1.29 is 9.53 Å². The molecule has 5 nitrogen and oxygen atoms in total. The molecule has 21 heavy (non-hydrogen) atoms. The molecule has 0 saturated heterocycles. The molecule has 1 amide bonds. The summed E-state index contributed by atoms with van der Waals surface area (Å²) in [5.74, 6) is 0.605. The van der Waals surface area contributed by atoms with Crippen LogP contribution in [0.15, 0.2) is 42.7 Å². The van der Waals surface area contributed by atoms with Gasteiger partial charge in [0, 0.05) is 25.0 Å². The number of hydrogen-bond donors (Lipinski definition) is 2. The van der Waals surface area contributed by atoms with Crippen LogP contribution in [0.4, 0.5) is 5.69 Å². The Bertz CT molecular complexity index is 643. The average Bonchev–Trinajstić information content (AvgIpc) is 2.53. The summed E-state index contributed by atoms with van der Waals surface area (Å²) in [7, 11) is 0. The maximum absolute atomic E-state index is 11.4. The van der Waals surface area contributed by atoms with E-state index in [2.05, 4.69) is 22.5 Å². The monoisotopic (exact) mass is 283 g/mol. The van der Waals surface area contributed by atoms with Crippen LogP contribution in [0.1, 0.15) is 24.1 Å². The zero-order valence-electron chi connectivity index (χ0n) is 11.8. The standard InChI is InChI=1S/C16H17N3O2/c1-11(18-9-12-3-2-6-17-8-12)13-4-5-15-14(7-13)19-16(20)10-21-15/h2-8,11,18H,9-10H2,1H3,(H,19,20)/t11-/m1/s1. The highest BCUT2D eigenvalue weighted by Gasteiger charge is 2.17. The fraction of sp³-hybridized carbons (Fsp3) is 0.250. The zero-order valence-corrected chi connectivity index (χ0v) is 11.8. The summed E-state index contributed by atoms with van der Waals surface area (Å²) in [4.78, 5) is 15.5. The molecular weight excluding hydrogens is 266 g/mol. The molecule has 0 aliphatic carbocycles. The minimum atomic E-state index is -0.115. The molecule has 0 fully saturated rings. The predicted molar refractivity (Wildman–Crippen MR) is 80.1 cm³/mol. The number of amides is 1. The van der Waals surface area contributed by atoms with Gasteiger partial charge in [-0.05, 0) is 36.2 Å². The molecule has 1 aromatic carbocycles. The number of fused-ring (bicyclic) bond motifs is 1. The van der Waals surface area contributed by atoms with Crippen molar-refractivity contribution in [2.75, 3.05) is 11.9 Å². The molecule has 0 bridgehead atoms. The van der Waals surface area contributed by atoms with E-state index >= 15 is 0 Å². The second-order valence-corrected chi connectivity index (χ2v) is 5.06. The molecule has 1 aromatic heterocycles. The molecule has 0 spiro atoms. The van der Waals surface area contributed by atoms with E-state index in [0.29, 0.717) is 0 Å². The molecule has 0 unspecified atom stereocenters. The number of hydrogen-bond acceptors (Lipinski definition) is 4. The molecule has 3 rings (SSSR count). The maximum atomic E-state index is 11.4. The molecule has 1 aliphatic rings. The van der Waals surface area contributed by atoms with E-state index in [1.54, 1.807) is 6.20 Å². The Labute approximate surface area is 123 Å². The minimum Gasteiger partial charge on any atom is -0.482 e. The summed E-state index contributed by atoms with van der Waals surface area (Å²) in [5, 5.41) is 6.27. The number of ether oxygens (including phenoxy) is 1. The van der Waals surface area contributed by atoms with E-state index in [4.69, 9.17) is 4.74 Å². The highest BCUT2D eigenvalue weighted by molar-refractivity contribution is 5.95. The lowest BCUT2D eigenvalue weighted by Gasteiger charge is -2.21. The first-order chi connectivity index (χ1) is 10.2. The van der Waals surface area contributed by atoms with Gasteiger partial charge in [-0.15, -0.1) is 0 Å². The molecule has 108 valence electrons. The second-order valence-electron chi connectivity index (χ2n) is 5.06. The Morgan fingerprint density at radius 3 is 3.14 bits per heavy atom. The van der Waals surface area contributed by atoms with E-state index in [1.165, 1.54) is 0 Å². The number of aromatic nitrogens is 1. The van der Waals surface area contributed by atoms with Gasteiger partial charge in [0.25, 0.3) is 5.91 Å². The van der Waals surface area contributed by atoms with Gasteiger partial charge in [-0.2, -0.15) is 0 Å². The molecule has 1 atom stereocenters. The Kier molecular flexibility index (Phi) is 3.83. The van der Waals surface area contributed by atoms with Crippen LogP contribution in [0, 0.1) is 0 Å². The molecular formula is C16H17N3O2. The third-order valence-corrected chi connectivity index (χ3v) is 3.47. The summed E-state index contributed by atoms with van der Waals surface area (Å²) in [6.07, 6.45) is 3.61. The van der Waals surface area contributed by atoms with Crippen molar-refractivity contribution in [2.45, 2.75) is 19.5 Å². The van der Waals surface area contributed by atoms with Crippen molar-refractivity contribution in [1.82, 2.24) is 10.3 Å². The van der Waals surface area contributed by atoms with Crippen LogP contribution in [0.2, 0.25) is 0 Å². The van der Waals surface area contributed by atoms with Gasteiger partial charge in [0.15, 0.2) is 6.61 Å². The van der Waals surface area contributed by atoms with Crippen LogP contribution >= 0.6 is 0 Å². The lowest BCUT2D eigenvalue weighted by molar-refractivity contribution is -0.118. The van der Waals surface area contributed by atoms with E-state index in [-0.39, 0.29) is 18.6 Å². The van der Waals surface area contributed by atoms with Crippen LogP contribution in [-0.4, -0.2) is 17.5 Å². The van der Waals surface area contributed by atoms with Crippen molar-refractivity contribution >= 4 is 11.6 Å². The van der Waals surface area contributed by atoms with Crippen LogP contribution in [-0.2, 0) is 11.3 Å². The number of rotatable bonds is 4. The molecule has 2 heterocycles. The molecule has 0 radical (unpaired) electrons. The van der Waals surface area contributed by atoms with Gasteiger partial charge in [0.1, 0.15) is 5.75 Å². The summed E-state index contributed by atoms with van der Waals surface area (Å²) >= 11 is 0. The van der Waals surface area contributed by atoms with Gasteiger partial charge in [0.2, 0.25) is 0 Å². The van der Waals surface area contributed by atoms with Crippen LogP contribution in [0.25, 0.3) is 0 Å². The van der Waals surface area contributed by atoms with Crippen molar-refractivity contribution in [3.8, 4) is 5.75 Å². The number of pyridine rings is 1. The van der Waals surface area contributed by atoms with Gasteiger partial charge in [-0.3, -0.25) is 9.78 Å². The van der Waals surface area contributed by atoms with Gasteiger partial charge < -0.3 is 15.4 Å². The number of benzene rings is 1. The number of carbonyl (C=O) groups is 1. The molecule has 2 aromatic rings. The molecule has 5 heteroatoms. The third-order valence-electron chi connectivity index (χ3n) is 3.47. The Balaban J connectivity index is 1.69. The number of nitrogens with one attached hydrogen (secondary N) is 2. The first kappa shape index (κ1) is 13.6. The Morgan fingerprint density at radius 1 is 1.43 bits per heavy atom. The molecule has 0 saturated carbocycles. The van der Waals surface area contributed by atoms with Gasteiger partial charge in [0.05, 0.1) is 5.69 Å². The second kappa shape index (κ2) is 5.93. The quantitative estimate of drug-likeness (QED) is 0.903. The zero-order chi connectivity index (χ0) is 14.7. The first-order valence-corrected chi connectivity index (χ1v) is 6.91. The van der Waals surface area contributed by atoms with Crippen LogP contribution < -0.4 is 15.4 Å². The average molecular weight is 283 g/mol. The highest BCUT2D eigenvalue weighted by atomic mass is 16.5. The molecule has 1 aliphatic heterocycles. The van der Waals surface area contributed by atoms with E-state index < -0.39 is 0 Å². The summed E-state index contributed by atoms with van der Waals surface area (Å²) in [6.45, 7) is 2.92. The van der Waals surface area contributed by atoms with Crippen molar-refractivity contribution in [2.24, 2.45) is 0 Å².